The van der Waals surface area contributed by atoms with Gasteiger partial charge in [-0.1, -0.05) is 54.1 Å². The van der Waals surface area contributed by atoms with Crippen molar-refractivity contribution in [2.75, 3.05) is 42.1 Å². The molecule has 1 heterocycles. The Balaban J connectivity index is 1.47. The van der Waals surface area contributed by atoms with Gasteiger partial charge in [-0.15, -0.1) is 0 Å². The zero-order chi connectivity index (χ0) is 27.4. The molecule has 4 aromatic rings. The number of anilines is 3. The third kappa shape index (κ3) is 6.02. The van der Waals surface area contributed by atoms with Crippen LogP contribution in [-0.4, -0.2) is 37.9 Å². The number of ketones is 1. The van der Waals surface area contributed by atoms with Crippen LogP contribution >= 0.6 is 0 Å². The van der Waals surface area contributed by atoms with Crippen molar-refractivity contribution in [2.45, 2.75) is 20.3 Å². The molecule has 1 saturated heterocycles. The van der Waals surface area contributed by atoms with Crippen LogP contribution in [0.3, 0.4) is 0 Å². The molecule has 198 valence electrons. The Labute approximate surface area is 229 Å². The fourth-order valence-electron chi connectivity index (χ4n) is 5.00. The van der Waals surface area contributed by atoms with Crippen LogP contribution in [0.25, 0.3) is 11.1 Å². The van der Waals surface area contributed by atoms with E-state index in [0.717, 1.165) is 65.4 Å². The first kappa shape index (κ1) is 26.2. The molecule has 4 aromatic carbocycles. The Morgan fingerprint density at radius 3 is 2.26 bits per heavy atom. The zero-order valence-electron chi connectivity index (χ0n) is 22.5. The highest BCUT2D eigenvalue weighted by Gasteiger charge is 2.18. The third-order valence-corrected chi connectivity index (χ3v) is 7.29. The van der Waals surface area contributed by atoms with Crippen LogP contribution in [0.5, 0.6) is 0 Å². The molecule has 4 N–H and O–H groups in total. The largest absolute Gasteiger partial charge is 0.398 e. The van der Waals surface area contributed by atoms with E-state index >= 15 is 0 Å². The Bertz CT molecular complexity index is 1500. The highest BCUT2D eigenvalue weighted by Crippen LogP contribution is 2.35. The summed E-state index contributed by atoms with van der Waals surface area (Å²) in [5, 5.41) is 6.55. The van der Waals surface area contributed by atoms with Crippen molar-refractivity contribution >= 4 is 28.8 Å². The molecule has 6 heteroatoms. The second kappa shape index (κ2) is 11.5. The Morgan fingerprint density at radius 2 is 1.54 bits per heavy atom. The van der Waals surface area contributed by atoms with Crippen LogP contribution < -0.4 is 21.3 Å². The number of hydrogen-bond acceptors (Lipinski definition) is 5. The van der Waals surface area contributed by atoms with Gasteiger partial charge in [-0.05, 0) is 66.9 Å². The minimum absolute atomic E-state index is 0.0181. The van der Waals surface area contributed by atoms with E-state index in [2.05, 4.69) is 33.7 Å². The first-order chi connectivity index (χ1) is 18.9. The van der Waals surface area contributed by atoms with Gasteiger partial charge < -0.3 is 21.3 Å². The van der Waals surface area contributed by atoms with E-state index in [9.17, 15) is 9.59 Å². The second-order valence-electron chi connectivity index (χ2n) is 10.1. The van der Waals surface area contributed by atoms with Crippen LogP contribution in [0.1, 0.15) is 37.4 Å². The summed E-state index contributed by atoms with van der Waals surface area (Å²) in [5.41, 5.74) is 14.5. The van der Waals surface area contributed by atoms with Gasteiger partial charge >= 0.3 is 0 Å². The van der Waals surface area contributed by atoms with Crippen LogP contribution in [0.15, 0.2) is 84.9 Å². The Kier molecular flexibility index (Phi) is 7.75. The molecule has 0 radical (unpaired) electrons. The predicted molar refractivity (Wildman–Crippen MR) is 160 cm³/mol. The number of nitrogen functional groups attached to an aromatic ring is 1. The van der Waals surface area contributed by atoms with Gasteiger partial charge in [0, 0.05) is 60.7 Å². The van der Waals surface area contributed by atoms with Gasteiger partial charge in [-0.2, -0.15) is 0 Å². The number of piperazine rings is 1. The molecule has 0 unspecified atom stereocenters. The standard InChI is InChI=1S/C33H34N4O2/c1-22-7-9-24(10-8-22)33(39)36-31-21-27(37-17-15-35-16-18-37)12-14-29(31)28-13-11-26(19-23(28)2)32(38)20-25-5-3-4-6-30(25)34/h3-14,19,21,35H,15-18,20,34H2,1-2H3,(H,36,39). The second-order valence-corrected chi connectivity index (χ2v) is 10.1. The van der Waals surface area contributed by atoms with E-state index in [4.69, 9.17) is 5.73 Å². The van der Waals surface area contributed by atoms with Crippen molar-refractivity contribution in [1.82, 2.24) is 5.32 Å². The van der Waals surface area contributed by atoms with Crippen LogP contribution in [-0.2, 0) is 6.42 Å². The molecule has 0 atom stereocenters. The molecule has 6 nitrogen and oxygen atoms in total. The van der Waals surface area contributed by atoms with Gasteiger partial charge in [0.2, 0.25) is 0 Å². The van der Waals surface area contributed by atoms with Gasteiger partial charge in [0.15, 0.2) is 5.78 Å². The molecule has 1 fully saturated rings. The number of aryl methyl sites for hydroxylation is 2. The molecule has 1 aliphatic rings. The molecule has 0 aromatic heterocycles. The number of carbonyl (C=O) groups is 2. The van der Waals surface area contributed by atoms with Crippen LogP contribution in [0.2, 0.25) is 0 Å². The summed E-state index contributed by atoms with van der Waals surface area (Å²) in [6.07, 6.45) is 0.253. The number of benzene rings is 4. The summed E-state index contributed by atoms with van der Waals surface area (Å²) in [6, 6.07) is 27.0. The monoisotopic (exact) mass is 518 g/mol. The lowest BCUT2D eigenvalue weighted by Gasteiger charge is -2.30. The number of nitrogens with two attached hydrogens (primary N) is 1. The van der Waals surface area contributed by atoms with Crippen molar-refractivity contribution in [1.29, 1.82) is 0 Å². The molecule has 1 aliphatic heterocycles. The number of Topliss-reactive ketones (excluding diaryl/α,β-unsaturated/α-hetero) is 1. The maximum Gasteiger partial charge on any atom is 0.255 e. The third-order valence-electron chi connectivity index (χ3n) is 7.29. The quantitative estimate of drug-likeness (QED) is 0.218. The molecule has 39 heavy (non-hydrogen) atoms. The van der Waals surface area contributed by atoms with Crippen LogP contribution in [0.4, 0.5) is 17.1 Å². The number of para-hydroxylation sites is 1. The molecule has 0 aliphatic carbocycles. The summed E-state index contributed by atoms with van der Waals surface area (Å²) in [7, 11) is 0. The van der Waals surface area contributed by atoms with Crippen molar-refractivity contribution in [3.63, 3.8) is 0 Å². The highest BCUT2D eigenvalue weighted by atomic mass is 16.1. The van der Waals surface area contributed by atoms with E-state index in [-0.39, 0.29) is 18.1 Å². The fourth-order valence-corrected chi connectivity index (χ4v) is 5.00. The van der Waals surface area contributed by atoms with E-state index in [0.29, 0.717) is 16.8 Å². The first-order valence-corrected chi connectivity index (χ1v) is 13.3. The highest BCUT2D eigenvalue weighted by molar-refractivity contribution is 6.07. The van der Waals surface area contributed by atoms with E-state index in [1.54, 1.807) is 0 Å². The molecule has 1 amide bonds. The average molecular weight is 519 g/mol. The molecule has 0 bridgehead atoms. The number of rotatable bonds is 7. The number of carbonyl (C=O) groups excluding carboxylic acids is 2. The Morgan fingerprint density at radius 1 is 0.846 bits per heavy atom. The predicted octanol–water partition coefficient (Wildman–Crippen LogP) is 5.64. The molecular formula is C33H34N4O2. The maximum absolute atomic E-state index is 13.2. The van der Waals surface area contributed by atoms with E-state index in [1.807, 2.05) is 80.6 Å². The number of hydrogen-bond donors (Lipinski definition) is 3. The topological polar surface area (TPSA) is 87.5 Å². The minimum Gasteiger partial charge on any atom is -0.398 e. The van der Waals surface area contributed by atoms with E-state index < -0.39 is 0 Å². The number of amides is 1. The van der Waals surface area contributed by atoms with Gasteiger partial charge in [-0.3, -0.25) is 9.59 Å². The lowest BCUT2D eigenvalue weighted by atomic mass is 9.94. The maximum atomic E-state index is 13.2. The van der Waals surface area contributed by atoms with Gasteiger partial charge in [0.05, 0.1) is 5.69 Å². The summed E-state index contributed by atoms with van der Waals surface area (Å²) in [5.74, 6) is -0.136. The molecular weight excluding hydrogens is 484 g/mol. The fraction of sp³-hybridized carbons (Fsp3) is 0.212. The molecule has 5 rings (SSSR count). The lowest BCUT2D eigenvalue weighted by molar-refractivity contribution is 0.0991. The lowest BCUT2D eigenvalue weighted by Crippen LogP contribution is -2.43. The normalized spacial score (nSPS) is 13.2. The van der Waals surface area contributed by atoms with E-state index in [1.165, 1.54) is 0 Å². The Hall–Kier alpha value is -4.42. The summed E-state index contributed by atoms with van der Waals surface area (Å²) < 4.78 is 0. The molecule has 0 saturated carbocycles. The van der Waals surface area contributed by atoms with Crippen molar-refractivity contribution in [3.05, 3.63) is 113 Å². The first-order valence-electron chi connectivity index (χ1n) is 13.3. The smallest absolute Gasteiger partial charge is 0.255 e. The van der Waals surface area contributed by atoms with Gasteiger partial charge in [-0.25, -0.2) is 0 Å². The van der Waals surface area contributed by atoms with Crippen LogP contribution in [0, 0.1) is 13.8 Å². The number of nitrogens with one attached hydrogen (secondary N) is 2. The van der Waals surface area contributed by atoms with Gasteiger partial charge in [0.1, 0.15) is 0 Å². The van der Waals surface area contributed by atoms with Crippen molar-refractivity contribution < 1.29 is 9.59 Å². The number of nitrogens with zero attached hydrogens (tertiary/aromatic N) is 1. The van der Waals surface area contributed by atoms with Crippen molar-refractivity contribution in [2.24, 2.45) is 0 Å². The molecule has 0 spiro atoms. The van der Waals surface area contributed by atoms with Crippen molar-refractivity contribution in [3.8, 4) is 11.1 Å². The minimum atomic E-state index is -0.154. The van der Waals surface area contributed by atoms with Gasteiger partial charge in [0.25, 0.3) is 5.91 Å². The summed E-state index contributed by atoms with van der Waals surface area (Å²) >= 11 is 0. The summed E-state index contributed by atoms with van der Waals surface area (Å²) in [6.45, 7) is 7.67. The zero-order valence-corrected chi connectivity index (χ0v) is 22.5. The summed E-state index contributed by atoms with van der Waals surface area (Å²) in [4.78, 5) is 28.6. The average Bonchev–Trinajstić information content (AvgIpc) is 2.95. The SMILES string of the molecule is Cc1ccc(C(=O)Nc2cc(N3CCNCC3)ccc2-c2ccc(C(=O)Cc3ccccc3N)cc2C)cc1.